The Morgan fingerprint density at radius 3 is 2.66 bits per heavy atom. The highest BCUT2D eigenvalue weighted by atomic mass is 79.9. The Balaban J connectivity index is 1.61. The number of halogens is 3. The number of hydrogen-bond acceptors (Lipinski definition) is 3. The van der Waals surface area contributed by atoms with Crippen molar-refractivity contribution in [2.45, 2.75) is 25.8 Å². The fraction of sp³-hybridized carbons (Fsp3) is 0.167. The minimum absolute atomic E-state index is 0.0565. The van der Waals surface area contributed by atoms with Crippen molar-refractivity contribution in [1.82, 2.24) is 15.3 Å². The number of phenolic OH excluding ortho intramolecular Hbond substituents is 1. The molecule has 0 bridgehead atoms. The van der Waals surface area contributed by atoms with Crippen LogP contribution in [0.3, 0.4) is 0 Å². The average molecular weight is 500 g/mol. The second kappa shape index (κ2) is 9.08. The number of rotatable bonds is 6. The lowest BCUT2D eigenvalue weighted by molar-refractivity contribution is -0.121. The van der Waals surface area contributed by atoms with E-state index in [0.29, 0.717) is 15.7 Å². The summed E-state index contributed by atoms with van der Waals surface area (Å²) in [6, 6.07) is 9.45. The molecule has 8 heteroatoms. The number of aryl methyl sites for hydroxylation is 1. The maximum absolute atomic E-state index is 13.7. The third kappa shape index (κ3) is 4.96. The van der Waals surface area contributed by atoms with Crippen molar-refractivity contribution >= 4 is 32.7 Å². The number of nitrogens with one attached hydrogen (secondary N) is 2. The first-order valence-corrected chi connectivity index (χ1v) is 10.7. The molecular formula is C24H20BrF2N3O2. The topological polar surface area (TPSA) is 78.0 Å². The Kier molecular flexibility index (Phi) is 6.23. The van der Waals surface area contributed by atoms with E-state index in [1.54, 1.807) is 30.6 Å². The van der Waals surface area contributed by atoms with Gasteiger partial charge in [0.1, 0.15) is 17.4 Å². The molecule has 0 radical (unpaired) electrons. The van der Waals surface area contributed by atoms with E-state index in [9.17, 15) is 18.7 Å². The third-order valence-electron chi connectivity index (χ3n) is 5.14. The number of carbonyl (C=O) groups excluding carboxylic acids is 1. The molecule has 4 rings (SSSR count). The van der Waals surface area contributed by atoms with Crippen LogP contribution in [0.15, 0.2) is 59.3 Å². The van der Waals surface area contributed by atoms with Crippen molar-refractivity contribution < 1.29 is 18.7 Å². The highest BCUT2D eigenvalue weighted by Gasteiger charge is 2.21. The standard InChI is InChI=1S/C24H20BrF2N3O2/c1-13-4-20(25)24(29-11-13)22(7-14-5-16(26)9-17(27)6-14)30-23(32)8-15-12-28-21-3-2-18(31)10-19(15)21/h2-6,9-12,22,28,31H,7-8H2,1H3,(H,30,32). The zero-order valence-corrected chi connectivity index (χ0v) is 18.7. The summed E-state index contributed by atoms with van der Waals surface area (Å²) < 4.78 is 28.2. The van der Waals surface area contributed by atoms with E-state index in [-0.39, 0.29) is 24.5 Å². The summed E-state index contributed by atoms with van der Waals surface area (Å²) in [5.41, 5.74) is 3.42. The summed E-state index contributed by atoms with van der Waals surface area (Å²) in [7, 11) is 0. The van der Waals surface area contributed by atoms with Crippen LogP contribution in [0.5, 0.6) is 5.75 Å². The van der Waals surface area contributed by atoms with Gasteiger partial charge in [-0.1, -0.05) is 0 Å². The van der Waals surface area contributed by atoms with E-state index in [0.717, 1.165) is 28.1 Å². The smallest absolute Gasteiger partial charge is 0.225 e. The number of carbonyl (C=O) groups is 1. The maximum Gasteiger partial charge on any atom is 0.225 e. The number of pyridine rings is 1. The average Bonchev–Trinajstić information content (AvgIpc) is 3.08. The van der Waals surface area contributed by atoms with Crippen molar-refractivity contribution in [2.24, 2.45) is 0 Å². The molecule has 32 heavy (non-hydrogen) atoms. The lowest BCUT2D eigenvalue weighted by Gasteiger charge is -2.20. The number of aromatic hydroxyl groups is 1. The molecule has 0 aliphatic carbocycles. The molecule has 1 amide bonds. The highest BCUT2D eigenvalue weighted by molar-refractivity contribution is 9.10. The Hall–Kier alpha value is -3.26. The van der Waals surface area contributed by atoms with Gasteiger partial charge in [0.05, 0.1) is 18.2 Å². The van der Waals surface area contributed by atoms with Crippen LogP contribution in [0.2, 0.25) is 0 Å². The fourth-order valence-electron chi connectivity index (χ4n) is 3.71. The molecule has 5 nitrogen and oxygen atoms in total. The van der Waals surface area contributed by atoms with Crippen LogP contribution >= 0.6 is 15.9 Å². The molecule has 164 valence electrons. The molecule has 1 unspecified atom stereocenters. The van der Waals surface area contributed by atoms with E-state index in [1.807, 2.05) is 13.0 Å². The highest BCUT2D eigenvalue weighted by Crippen LogP contribution is 2.27. The van der Waals surface area contributed by atoms with E-state index in [1.165, 1.54) is 12.1 Å². The number of aromatic amines is 1. The van der Waals surface area contributed by atoms with Gasteiger partial charge in [0.25, 0.3) is 0 Å². The van der Waals surface area contributed by atoms with Crippen molar-refractivity contribution in [2.75, 3.05) is 0 Å². The minimum Gasteiger partial charge on any atom is -0.508 e. The van der Waals surface area contributed by atoms with Gasteiger partial charge < -0.3 is 15.4 Å². The van der Waals surface area contributed by atoms with Crippen molar-refractivity contribution in [3.05, 3.63) is 93.3 Å². The summed E-state index contributed by atoms with van der Waals surface area (Å²) in [6.45, 7) is 1.89. The minimum atomic E-state index is -0.681. The Morgan fingerprint density at radius 1 is 1.19 bits per heavy atom. The van der Waals surface area contributed by atoms with E-state index in [4.69, 9.17) is 0 Å². The van der Waals surface area contributed by atoms with Crippen LogP contribution in [-0.4, -0.2) is 21.0 Å². The largest absolute Gasteiger partial charge is 0.508 e. The lowest BCUT2D eigenvalue weighted by atomic mass is 10.0. The van der Waals surface area contributed by atoms with Crippen LogP contribution in [-0.2, 0) is 17.6 Å². The van der Waals surface area contributed by atoms with E-state index >= 15 is 0 Å². The molecule has 0 saturated heterocycles. The van der Waals surface area contributed by atoms with Gasteiger partial charge in [-0.2, -0.15) is 0 Å². The number of H-pyrrole nitrogens is 1. The summed E-state index contributed by atoms with van der Waals surface area (Å²) >= 11 is 3.49. The first-order valence-electron chi connectivity index (χ1n) is 9.94. The third-order valence-corrected chi connectivity index (χ3v) is 5.77. The zero-order chi connectivity index (χ0) is 22.8. The second-order valence-corrected chi connectivity index (χ2v) is 8.56. The van der Waals surface area contributed by atoms with E-state index in [2.05, 4.69) is 31.2 Å². The van der Waals surface area contributed by atoms with Gasteiger partial charge in [-0.15, -0.1) is 0 Å². The predicted molar refractivity (Wildman–Crippen MR) is 121 cm³/mol. The lowest BCUT2D eigenvalue weighted by Crippen LogP contribution is -2.32. The summed E-state index contributed by atoms with van der Waals surface area (Å²) in [5.74, 6) is -1.54. The molecular weight excluding hydrogens is 480 g/mol. The number of nitrogens with zero attached hydrogens (tertiary/aromatic N) is 1. The van der Waals surface area contributed by atoms with Gasteiger partial charge in [0, 0.05) is 33.8 Å². The molecule has 0 spiro atoms. The second-order valence-electron chi connectivity index (χ2n) is 7.70. The molecule has 2 heterocycles. The van der Waals surface area contributed by atoms with Crippen molar-refractivity contribution in [3.8, 4) is 5.75 Å². The van der Waals surface area contributed by atoms with E-state index < -0.39 is 17.7 Å². The van der Waals surface area contributed by atoms with Gasteiger partial charge in [-0.3, -0.25) is 9.78 Å². The molecule has 2 aromatic carbocycles. The molecule has 0 saturated carbocycles. The number of phenols is 1. The Bertz CT molecular complexity index is 1290. The van der Waals surface area contributed by atoms with Crippen molar-refractivity contribution in [3.63, 3.8) is 0 Å². The molecule has 3 N–H and O–H groups in total. The van der Waals surface area contributed by atoms with Crippen LogP contribution in [0.1, 0.15) is 28.4 Å². The number of hydrogen-bond donors (Lipinski definition) is 3. The first kappa shape index (κ1) is 22.0. The Labute approximate surface area is 191 Å². The van der Waals surface area contributed by atoms with Gasteiger partial charge in [0.15, 0.2) is 0 Å². The summed E-state index contributed by atoms with van der Waals surface area (Å²) in [6.07, 6.45) is 3.61. The molecule has 0 aliphatic rings. The predicted octanol–water partition coefficient (Wildman–Crippen LogP) is 5.26. The summed E-state index contributed by atoms with van der Waals surface area (Å²) in [4.78, 5) is 20.5. The maximum atomic E-state index is 13.7. The van der Waals surface area contributed by atoms with Crippen LogP contribution in [0, 0.1) is 18.6 Å². The molecule has 0 fully saturated rings. The fourth-order valence-corrected chi connectivity index (χ4v) is 4.45. The quantitative estimate of drug-likeness (QED) is 0.338. The first-order chi connectivity index (χ1) is 15.3. The Morgan fingerprint density at radius 2 is 1.94 bits per heavy atom. The van der Waals surface area contributed by atoms with Gasteiger partial charge in [0.2, 0.25) is 5.91 Å². The number of amides is 1. The molecule has 0 aliphatic heterocycles. The number of aromatic nitrogens is 2. The SMILES string of the molecule is Cc1cnc(C(Cc2cc(F)cc(F)c2)NC(=O)Cc2c[nH]c3ccc(O)cc23)c(Br)c1. The molecule has 4 aromatic rings. The van der Waals surface area contributed by atoms with Gasteiger partial charge >= 0.3 is 0 Å². The zero-order valence-electron chi connectivity index (χ0n) is 17.1. The molecule has 1 atom stereocenters. The van der Waals surface area contributed by atoms with Gasteiger partial charge in [-0.05, 0) is 82.4 Å². The normalized spacial score (nSPS) is 12.1. The molecule has 2 aromatic heterocycles. The van der Waals surface area contributed by atoms with Crippen LogP contribution in [0.25, 0.3) is 10.9 Å². The van der Waals surface area contributed by atoms with Crippen molar-refractivity contribution in [1.29, 1.82) is 0 Å². The monoisotopic (exact) mass is 499 g/mol. The van der Waals surface area contributed by atoms with Crippen LogP contribution in [0.4, 0.5) is 8.78 Å². The summed E-state index contributed by atoms with van der Waals surface area (Å²) in [5, 5.41) is 13.5. The number of benzene rings is 2. The number of fused-ring (bicyclic) bond motifs is 1. The van der Waals surface area contributed by atoms with Crippen LogP contribution < -0.4 is 5.32 Å². The van der Waals surface area contributed by atoms with Gasteiger partial charge in [-0.25, -0.2) is 8.78 Å².